The maximum atomic E-state index is 13.5. The predicted octanol–water partition coefficient (Wildman–Crippen LogP) is 2.83. The first kappa shape index (κ1) is 15.5. The molecule has 0 saturated carbocycles. The Balaban J connectivity index is 2.41. The first-order valence-corrected chi connectivity index (χ1v) is 8.18. The molecule has 1 N–H and O–H groups in total. The SMILES string of the molecule is CC(NS(=O)(=O)c1cccc(F)c1[N+](=O)[O-])c1cccs1. The van der Waals surface area contributed by atoms with Crippen molar-refractivity contribution >= 4 is 27.0 Å². The first-order chi connectivity index (χ1) is 9.83. The lowest BCUT2D eigenvalue weighted by Gasteiger charge is -2.13. The zero-order chi connectivity index (χ0) is 15.6. The van der Waals surface area contributed by atoms with Gasteiger partial charge in [-0.25, -0.2) is 13.1 Å². The number of nitrogens with one attached hydrogen (secondary N) is 1. The lowest BCUT2D eigenvalue weighted by molar-refractivity contribution is -0.390. The second kappa shape index (κ2) is 5.88. The summed E-state index contributed by atoms with van der Waals surface area (Å²) in [6, 6.07) is 5.89. The topological polar surface area (TPSA) is 89.3 Å². The van der Waals surface area contributed by atoms with Crippen LogP contribution in [0.15, 0.2) is 40.6 Å². The summed E-state index contributed by atoms with van der Waals surface area (Å²) in [4.78, 5) is 9.90. The molecule has 1 atom stereocenters. The normalized spacial score (nSPS) is 13.0. The molecule has 9 heteroatoms. The van der Waals surface area contributed by atoms with Crippen molar-refractivity contribution in [2.45, 2.75) is 17.9 Å². The van der Waals surface area contributed by atoms with Crippen LogP contribution >= 0.6 is 11.3 Å². The lowest BCUT2D eigenvalue weighted by Crippen LogP contribution is -2.27. The Labute approximate surface area is 124 Å². The third kappa shape index (κ3) is 3.26. The van der Waals surface area contributed by atoms with Gasteiger partial charge in [-0.1, -0.05) is 12.1 Å². The number of halogens is 1. The highest BCUT2D eigenvalue weighted by atomic mass is 32.2. The zero-order valence-corrected chi connectivity index (χ0v) is 12.4. The summed E-state index contributed by atoms with van der Waals surface area (Å²) in [7, 11) is -4.21. The van der Waals surface area contributed by atoms with E-state index in [2.05, 4.69) is 4.72 Å². The summed E-state index contributed by atoms with van der Waals surface area (Å²) in [5.74, 6) is -1.19. The number of rotatable bonds is 5. The van der Waals surface area contributed by atoms with Crippen LogP contribution in [0, 0.1) is 15.9 Å². The Kier molecular flexibility index (Phi) is 4.35. The summed E-state index contributed by atoms with van der Waals surface area (Å²) >= 11 is 1.35. The number of nitrogens with zero attached hydrogens (tertiary/aromatic N) is 1. The molecule has 1 aromatic carbocycles. The molecule has 0 aliphatic carbocycles. The van der Waals surface area contributed by atoms with Crippen LogP contribution in [0.4, 0.5) is 10.1 Å². The summed E-state index contributed by atoms with van der Waals surface area (Å²) < 4.78 is 40.3. The summed E-state index contributed by atoms with van der Waals surface area (Å²) in [6.45, 7) is 1.61. The van der Waals surface area contributed by atoms with Crippen molar-refractivity contribution in [2.24, 2.45) is 0 Å². The van der Waals surface area contributed by atoms with Crippen molar-refractivity contribution in [2.75, 3.05) is 0 Å². The highest BCUT2D eigenvalue weighted by molar-refractivity contribution is 7.89. The second-order valence-electron chi connectivity index (χ2n) is 4.20. The number of nitro groups is 1. The van der Waals surface area contributed by atoms with Gasteiger partial charge in [-0.2, -0.15) is 4.39 Å². The van der Waals surface area contributed by atoms with Gasteiger partial charge < -0.3 is 0 Å². The van der Waals surface area contributed by atoms with E-state index in [1.807, 2.05) is 0 Å². The monoisotopic (exact) mass is 330 g/mol. The first-order valence-electron chi connectivity index (χ1n) is 5.81. The highest BCUT2D eigenvalue weighted by Crippen LogP contribution is 2.28. The van der Waals surface area contributed by atoms with Crippen LogP contribution in [-0.2, 0) is 10.0 Å². The third-order valence-corrected chi connectivity index (χ3v) is 5.35. The number of nitro benzene ring substituents is 1. The van der Waals surface area contributed by atoms with Gasteiger partial charge in [0.15, 0.2) is 4.90 Å². The molecule has 2 aromatic rings. The van der Waals surface area contributed by atoms with Crippen molar-refractivity contribution < 1.29 is 17.7 Å². The van der Waals surface area contributed by atoms with Gasteiger partial charge in [0.05, 0.1) is 11.0 Å². The van der Waals surface area contributed by atoms with Crippen LogP contribution in [0.25, 0.3) is 0 Å². The Morgan fingerprint density at radius 3 is 2.62 bits per heavy atom. The molecule has 6 nitrogen and oxygen atoms in total. The fraction of sp³-hybridized carbons (Fsp3) is 0.167. The van der Waals surface area contributed by atoms with Gasteiger partial charge in [0.2, 0.25) is 15.8 Å². The van der Waals surface area contributed by atoms with Crippen LogP contribution in [0.2, 0.25) is 0 Å². The number of hydrogen-bond acceptors (Lipinski definition) is 5. The van der Waals surface area contributed by atoms with E-state index < -0.39 is 37.4 Å². The van der Waals surface area contributed by atoms with Crippen LogP contribution in [0.5, 0.6) is 0 Å². The van der Waals surface area contributed by atoms with Crippen LogP contribution in [-0.4, -0.2) is 13.3 Å². The fourth-order valence-corrected chi connectivity index (χ4v) is 3.99. The van der Waals surface area contributed by atoms with Crippen molar-refractivity contribution in [1.29, 1.82) is 0 Å². The highest BCUT2D eigenvalue weighted by Gasteiger charge is 2.30. The maximum absolute atomic E-state index is 13.5. The molecule has 21 heavy (non-hydrogen) atoms. The molecule has 0 saturated heterocycles. The van der Waals surface area contributed by atoms with Gasteiger partial charge >= 0.3 is 5.69 Å². The minimum atomic E-state index is -4.21. The standard InChI is InChI=1S/C12H11FN2O4S2/c1-8(10-5-3-7-20-10)14-21(18,19)11-6-2-4-9(13)12(11)15(16)17/h2-8,14H,1H3. The van der Waals surface area contributed by atoms with E-state index in [0.717, 1.165) is 23.1 Å². The number of para-hydroxylation sites is 1. The Morgan fingerprint density at radius 1 is 1.33 bits per heavy atom. The molecule has 0 aliphatic heterocycles. The molecular weight excluding hydrogens is 319 g/mol. The van der Waals surface area contributed by atoms with E-state index in [-0.39, 0.29) is 0 Å². The van der Waals surface area contributed by atoms with Gasteiger partial charge in [-0.05, 0) is 30.5 Å². The third-order valence-electron chi connectivity index (χ3n) is 2.72. The average molecular weight is 330 g/mol. The molecule has 1 unspecified atom stereocenters. The van der Waals surface area contributed by atoms with E-state index in [9.17, 15) is 22.9 Å². The van der Waals surface area contributed by atoms with E-state index in [4.69, 9.17) is 0 Å². The minimum absolute atomic E-state index is 0.571. The molecular formula is C12H11FN2O4S2. The second-order valence-corrected chi connectivity index (χ2v) is 6.86. The Morgan fingerprint density at radius 2 is 2.05 bits per heavy atom. The zero-order valence-electron chi connectivity index (χ0n) is 10.8. The molecule has 112 valence electrons. The van der Waals surface area contributed by atoms with E-state index in [1.54, 1.807) is 24.4 Å². The quantitative estimate of drug-likeness (QED) is 0.674. The van der Waals surface area contributed by atoms with Crippen molar-refractivity contribution in [3.63, 3.8) is 0 Å². The van der Waals surface area contributed by atoms with Gasteiger partial charge in [0, 0.05) is 4.88 Å². The lowest BCUT2D eigenvalue weighted by atomic mass is 10.3. The predicted molar refractivity (Wildman–Crippen MR) is 76.1 cm³/mol. The summed E-state index contributed by atoms with van der Waals surface area (Å²) in [5.41, 5.74) is -1.05. The summed E-state index contributed by atoms with van der Waals surface area (Å²) in [6.07, 6.45) is 0. The number of sulfonamides is 1. The number of benzene rings is 1. The number of hydrogen-bond donors (Lipinski definition) is 1. The van der Waals surface area contributed by atoms with Crippen molar-refractivity contribution in [3.8, 4) is 0 Å². The molecule has 0 fully saturated rings. The minimum Gasteiger partial charge on any atom is -0.258 e. The van der Waals surface area contributed by atoms with Gasteiger partial charge in [0.25, 0.3) is 0 Å². The number of thiophene rings is 1. The fourth-order valence-electron chi connectivity index (χ4n) is 1.78. The van der Waals surface area contributed by atoms with Crippen LogP contribution in [0.1, 0.15) is 17.8 Å². The summed E-state index contributed by atoms with van der Waals surface area (Å²) in [5, 5.41) is 12.7. The van der Waals surface area contributed by atoms with Crippen molar-refractivity contribution in [1.82, 2.24) is 4.72 Å². The molecule has 0 bridgehead atoms. The molecule has 0 spiro atoms. The van der Waals surface area contributed by atoms with Gasteiger partial charge in [-0.15, -0.1) is 11.3 Å². The van der Waals surface area contributed by atoms with Crippen molar-refractivity contribution in [3.05, 3.63) is 56.5 Å². The van der Waals surface area contributed by atoms with E-state index in [1.165, 1.54) is 11.3 Å². The Bertz CT molecular complexity index is 760. The molecule has 2 rings (SSSR count). The molecule has 0 amide bonds. The smallest absolute Gasteiger partial charge is 0.258 e. The molecule has 0 radical (unpaired) electrons. The van der Waals surface area contributed by atoms with Crippen LogP contribution < -0.4 is 4.72 Å². The maximum Gasteiger partial charge on any atom is 0.324 e. The van der Waals surface area contributed by atoms with E-state index in [0.29, 0.717) is 0 Å². The average Bonchev–Trinajstić information content (AvgIpc) is 2.91. The van der Waals surface area contributed by atoms with Crippen LogP contribution in [0.3, 0.4) is 0 Å². The molecule has 0 aliphatic rings. The van der Waals surface area contributed by atoms with Gasteiger partial charge in [0.1, 0.15) is 0 Å². The molecule has 1 aromatic heterocycles. The Hall–Kier alpha value is -1.84. The largest absolute Gasteiger partial charge is 0.324 e. The molecule has 1 heterocycles. The van der Waals surface area contributed by atoms with Gasteiger partial charge in [-0.3, -0.25) is 10.1 Å². The van der Waals surface area contributed by atoms with E-state index >= 15 is 0 Å².